The number of fused-ring (bicyclic) bond motifs is 1. The minimum atomic E-state index is 0.0367. The van der Waals surface area contributed by atoms with Gasteiger partial charge in [-0.3, -0.25) is 4.79 Å². The second-order valence-electron chi connectivity index (χ2n) is 2.90. The highest BCUT2D eigenvalue weighted by Crippen LogP contribution is 2.38. The molecule has 4 heteroatoms. The van der Waals surface area contributed by atoms with Crippen LogP contribution in [0.3, 0.4) is 0 Å². The van der Waals surface area contributed by atoms with Crippen LogP contribution in [0, 0.1) is 0 Å². The molecule has 0 atom stereocenters. The molecule has 1 aliphatic heterocycles. The van der Waals surface area contributed by atoms with E-state index < -0.39 is 0 Å². The molecular formula is C10H11NO2S. The van der Waals surface area contributed by atoms with Crippen LogP contribution in [0.25, 0.3) is 0 Å². The lowest BCUT2D eigenvalue weighted by molar-refractivity contribution is -0.113. The van der Waals surface area contributed by atoms with Crippen LogP contribution in [0.4, 0.5) is 5.69 Å². The molecule has 74 valence electrons. The number of hydrogen-bond donors (Lipinski definition) is 1. The molecule has 0 saturated heterocycles. The van der Waals surface area contributed by atoms with Crippen LogP contribution >= 0.6 is 11.8 Å². The van der Waals surface area contributed by atoms with Crippen molar-refractivity contribution in [1.82, 2.24) is 0 Å². The lowest BCUT2D eigenvalue weighted by Crippen LogP contribution is -2.19. The largest absolute Gasteiger partial charge is 0.492 e. The number of para-hydroxylation sites is 1. The van der Waals surface area contributed by atoms with Crippen LogP contribution in [0.1, 0.15) is 6.92 Å². The average Bonchev–Trinajstić information content (AvgIpc) is 2.19. The number of thioether (sulfide) groups is 1. The monoisotopic (exact) mass is 209 g/mol. The van der Waals surface area contributed by atoms with E-state index in [-0.39, 0.29) is 5.91 Å². The van der Waals surface area contributed by atoms with Gasteiger partial charge < -0.3 is 10.1 Å². The van der Waals surface area contributed by atoms with Crippen molar-refractivity contribution in [2.24, 2.45) is 0 Å². The topological polar surface area (TPSA) is 38.3 Å². The van der Waals surface area contributed by atoms with Crippen molar-refractivity contribution < 1.29 is 9.53 Å². The number of nitrogens with one attached hydrogen (secondary N) is 1. The molecule has 2 rings (SSSR count). The third-order valence-electron chi connectivity index (χ3n) is 1.91. The van der Waals surface area contributed by atoms with Gasteiger partial charge in [-0.2, -0.15) is 0 Å². The van der Waals surface area contributed by atoms with Gasteiger partial charge in [-0.05, 0) is 19.1 Å². The first-order valence-electron chi connectivity index (χ1n) is 4.49. The summed E-state index contributed by atoms with van der Waals surface area (Å²) in [5.41, 5.74) is 0.815. The van der Waals surface area contributed by atoms with Crippen LogP contribution in [0.15, 0.2) is 23.1 Å². The Morgan fingerprint density at radius 2 is 2.43 bits per heavy atom. The van der Waals surface area contributed by atoms with Gasteiger partial charge in [0.1, 0.15) is 5.75 Å². The summed E-state index contributed by atoms with van der Waals surface area (Å²) in [4.78, 5) is 12.3. The average molecular weight is 209 g/mol. The van der Waals surface area contributed by atoms with E-state index in [1.165, 1.54) is 0 Å². The van der Waals surface area contributed by atoms with Gasteiger partial charge >= 0.3 is 0 Å². The summed E-state index contributed by atoms with van der Waals surface area (Å²) >= 11 is 1.54. The van der Waals surface area contributed by atoms with Crippen LogP contribution in [0.2, 0.25) is 0 Å². The smallest absolute Gasteiger partial charge is 0.234 e. The summed E-state index contributed by atoms with van der Waals surface area (Å²) in [6.45, 7) is 2.54. The predicted octanol–water partition coefficient (Wildman–Crippen LogP) is 2.13. The summed E-state index contributed by atoms with van der Waals surface area (Å²) in [5.74, 6) is 1.28. The molecule has 1 aromatic rings. The van der Waals surface area contributed by atoms with E-state index in [1.54, 1.807) is 11.8 Å². The zero-order valence-electron chi connectivity index (χ0n) is 7.87. The number of ether oxygens (including phenoxy) is 1. The zero-order valence-corrected chi connectivity index (χ0v) is 8.69. The number of carbonyl (C=O) groups excluding carboxylic acids is 1. The Morgan fingerprint density at radius 1 is 1.57 bits per heavy atom. The van der Waals surface area contributed by atoms with E-state index in [0.29, 0.717) is 12.4 Å². The Kier molecular flexibility index (Phi) is 2.63. The molecule has 3 nitrogen and oxygen atoms in total. The minimum Gasteiger partial charge on any atom is -0.492 e. The first-order chi connectivity index (χ1) is 6.81. The summed E-state index contributed by atoms with van der Waals surface area (Å²) in [5, 5.41) is 2.83. The second kappa shape index (κ2) is 3.92. The van der Waals surface area contributed by atoms with Crippen molar-refractivity contribution in [3.8, 4) is 5.75 Å². The maximum Gasteiger partial charge on any atom is 0.234 e. The third kappa shape index (κ3) is 1.70. The number of carbonyl (C=O) groups is 1. The van der Waals surface area contributed by atoms with E-state index >= 15 is 0 Å². The van der Waals surface area contributed by atoms with Gasteiger partial charge in [0.15, 0.2) is 0 Å². The Morgan fingerprint density at radius 3 is 3.21 bits per heavy atom. The fourth-order valence-corrected chi connectivity index (χ4v) is 2.18. The molecule has 1 N–H and O–H groups in total. The van der Waals surface area contributed by atoms with E-state index in [2.05, 4.69) is 5.32 Å². The quantitative estimate of drug-likeness (QED) is 0.811. The van der Waals surface area contributed by atoms with Crippen molar-refractivity contribution in [3.05, 3.63) is 18.2 Å². The lowest BCUT2D eigenvalue weighted by atomic mass is 10.3. The highest BCUT2D eigenvalue weighted by atomic mass is 32.2. The molecule has 1 aromatic carbocycles. The minimum absolute atomic E-state index is 0.0367. The van der Waals surface area contributed by atoms with Gasteiger partial charge in [0.2, 0.25) is 5.91 Å². The number of amides is 1. The molecule has 0 aliphatic carbocycles. The molecule has 0 unspecified atom stereocenters. The first-order valence-corrected chi connectivity index (χ1v) is 5.48. The molecule has 14 heavy (non-hydrogen) atoms. The molecule has 1 amide bonds. The summed E-state index contributed by atoms with van der Waals surface area (Å²) in [6.07, 6.45) is 0. The second-order valence-corrected chi connectivity index (χ2v) is 3.92. The van der Waals surface area contributed by atoms with Crippen LogP contribution in [-0.2, 0) is 4.79 Å². The Labute approximate surface area is 86.8 Å². The zero-order chi connectivity index (χ0) is 9.97. The molecule has 0 fully saturated rings. The van der Waals surface area contributed by atoms with Gasteiger partial charge in [-0.1, -0.05) is 6.07 Å². The Balaban J connectivity index is 2.38. The molecular weight excluding hydrogens is 198 g/mol. The number of rotatable bonds is 2. The predicted molar refractivity (Wildman–Crippen MR) is 57.0 cm³/mol. The van der Waals surface area contributed by atoms with Crippen LogP contribution in [-0.4, -0.2) is 18.3 Å². The van der Waals surface area contributed by atoms with Gasteiger partial charge in [-0.25, -0.2) is 0 Å². The molecule has 0 spiro atoms. The molecule has 1 heterocycles. The van der Waals surface area contributed by atoms with Gasteiger partial charge in [0.25, 0.3) is 0 Å². The van der Waals surface area contributed by atoms with E-state index in [0.717, 1.165) is 16.3 Å². The number of hydrogen-bond acceptors (Lipinski definition) is 3. The first kappa shape index (κ1) is 9.40. The van der Waals surface area contributed by atoms with E-state index in [1.807, 2.05) is 25.1 Å². The molecule has 0 aromatic heterocycles. The van der Waals surface area contributed by atoms with Gasteiger partial charge in [0, 0.05) is 4.90 Å². The fraction of sp³-hybridized carbons (Fsp3) is 0.300. The lowest BCUT2D eigenvalue weighted by Gasteiger charge is -2.19. The standard InChI is InChI=1S/C10H11NO2S/c1-2-13-7-4-3-5-8-10(7)11-9(12)6-14-8/h3-5H,2,6H2,1H3,(H,11,12). The van der Waals surface area contributed by atoms with E-state index in [9.17, 15) is 4.79 Å². The Bertz CT molecular complexity index is 365. The summed E-state index contributed by atoms with van der Waals surface area (Å²) in [6, 6.07) is 5.80. The van der Waals surface area contributed by atoms with Crippen molar-refractivity contribution in [3.63, 3.8) is 0 Å². The maximum atomic E-state index is 11.2. The Hall–Kier alpha value is -1.16. The number of anilines is 1. The molecule has 0 bridgehead atoms. The van der Waals surface area contributed by atoms with Crippen LogP contribution < -0.4 is 10.1 Å². The van der Waals surface area contributed by atoms with Crippen molar-refractivity contribution in [1.29, 1.82) is 0 Å². The molecule has 0 radical (unpaired) electrons. The van der Waals surface area contributed by atoms with Crippen molar-refractivity contribution in [2.45, 2.75) is 11.8 Å². The van der Waals surface area contributed by atoms with E-state index in [4.69, 9.17) is 4.74 Å². The molecule has 1 aliphatic rings. The van der Waals surface area contributed by atoms with Crippen LogP contribution in [0.5, 0.6) is 5.75 Å². The van der Waals surface area contributed by atoms with Crippen molar-refractivity contribution in [2.75, 3.05) is 17.7 Å². The molecule has 0 saturated carbocycles. The normalized spacial score (nSPS) is 14.5. The highest BCUT2D eigenvalue weighted by Gasteiger charge is 2.18. The van der Waals surface area contributed by atoms with Gasteiger partial charge in [0.05, 0.1) is 18.0 Å². The third-order valence-corrected chi connectivity index (χ3v) is 2.97. The maximum absolute atomic E-state index is 11.2. The summed E-state index contributed by atoms with van der Waals surface area (Å²) in [7, 11) is 0. The fourth-order valence-electron chi connectivity index (χ4n) is 1.35. The number of benzene rings is 1. The van der Waals surface area contributed by atoms with Crippen molar-refractivity contribution >= 4 is 23.4 Å². The van der Waals surface area contributed by atoms with Gasteiger partial charge in [-0.15, -0.1) is 11.8 Å². The SMILES string of the molecule is CCOc1cccc2c1NC(=O)CS2. The highest BCUT2D eigenvalue weighted by molar-refractivity contribution is 8.00. The summed E-state index contributed by atoms with van der Waals surface area (Å²) < 4.78 is 5.42.